The number of fused-ring (bicyclic) bond motifs is 2. The minimum Gasteiger partial charge on any atom is -0.389 e. The first-order valence-electron chi connectivity index (χ1n) is 6.81. The molecule has 2 bridgehead atoms. The second-order valence-electron chi connectivity index (χ2n) is 6.78. The van der Waals surface area contributed by atoms with E-state index in [1.54, 1.807) is 0 Å². The van der Waals surface area contributed by atoms with Gasteiger partial charge in [-0.05, 0) is 29.7 Å². The van der Waals surface area contributed by atoms with Gasteiger partial charge in [-0.15, -0.1) is 0 Å². The highest BCUT2D eigenvalue weighted by atomic mass is 16.3. The van der Waals surface area contributed by atoms with Crippen LogP contribution in [0.25, 0.3) is 0 Å². The van der Waals surface area contributed by atoms with Gasteiger partial charge in [0.2, 0.25) is 0 Å². The number of aliphatic hydroxyl groups excluding tert-OH is 1. The standard InChI is InChI=1S/C16H22O2/c1-14(2)12-9-10-15(14,3)16(18,13(12)17)11-7-5-4-6-8-11/h4-8,12-13,17-18H,9-10H2,1-3H3/t12-,13+,15-,16+/m0/s1. The molecule has 2 fully saturated rings. The van der Waals surface area contributed by atoms with E-state index >= 15 is 0 Å². The number of rotatable bonds is 1. The lowest BCUT2D eigenvalue weighted by molar-refractivity contribution is -0.154. The Hall–Kier alpha value is -0.860. The summed E-state index contributed by atoms with van der Waals surface area (Å²) in [6.45, 7) is 6.51. The van der Waals surface area contributed by atoms with Gasteiger partial charge < -0.3 is 10.2 Å². The van der Waals surface area contributed by atoms with E-state index in [-0.39, 0.29) is 16.7 Å². The summed E-state index contributed by atoms with van der Waals surface area (Å²) in [4.78, 5) is 0. The van der Waals surface area contributed by atoms with E-state index in [0.717, 1.165) is 18.4 Å². The molecule has 0 aliphatic heterocycles. The van der Waals surface area contributed by atoms with Gasteiger partial charge in [0.1, 0.15) is 5.60 Å². The molecule has 2 nitrogen and oxygen atoms in total. The van der Waals surface area contributed by atoms with E-state index in [1.165, 1.54) is 0 Å². The van der Waals surface area contributed by atoms with Crippen LogP contribution in [0.15, 0.2) is 30.3 Å². The zero-order valence-electron chi connectivity index (χ0n) is 11.4. The monoisotopic (exact) mass is 246 g/mol. The Kier molecular flexibility index (Phi) is 2.28. The van der Waals surface area contributed by atoms with Gasteiger partial charge in [0.05, 0.1) is 6.10 Å². The number of aliphatic hydroxyl groups is 2. The molecule has 98 valence electrons. The molecule has 0 radical (unpaired) electrons. The normalized spacial score (nSPS) is 45.4. The van der Waals surface area contributed by atoms with Crippen molar-refractivity contribution < 1.29 is 10.2 Å². The lowest BCUT2D eigenvalue weighted by atomic mass is 9.62. The molecule has 4 atom stereocenters. The molecule has 18 heavy (non-hydrogen) atoms. The summed E-state index contributed by atoms with van der Waals surface area (Å²) in [5.41, 5.74) is -0.543. The van der Waals surface area contributed by atoms with Crippen molar-refractivity contribution in [2.45, 2.75) is 45.3 Å². The fourth-order valence-corrected chi connectivity index (χ4v) is 4.57. The third kappa shape index (κ3) is 1.07. The van der Waals surface area contributed by atoms with E-state index in [0.29, 0.717) is 0 Å². The third-order valence-corrected chi connectivity index (χ3v) is 6.17. The van der Waals surface area contributed by atoms with Gasteiger partial charge in [0.25, 0.3) is 0 Å². The molecule has 2 saturated carbocycles. The van der Waals surface area contributed by atoms with Crippen LogP contribution in [-0.2, 0) is 5.60 Å². The number of hydrogen-bond acceptors (Lipinski definition) is 2. The Labute approximate surface area is 109 Å². The Balaban J connectivity index is 2.19. The summed E-state index contributed by atoms with van der Waals surface area (Å²) in [6.07, 6.45) is 1.33. The molecule has 0 unspecified atom stereocenters. The van der Waals surface area contributed by atoms with E-state index in [9.17, 15) is 10.2 Å². The van der Waals surface area contributed by atoms with Gasteiger partial charge in [-0.25, -0.2) is 0 Å². The molecule has 0 aromatic heterocycles. The molecule has 0 spiro atoms. The average molecular weight is 246 g/mol. The lowest BCUT2D eigenvalue weighted by Crippen LogP contribution is -2.50. The van der Waals surface area contributed by atoms with Crippen LogP contribution in [0.5, 0.6) is 0 Å². The highest BCUT2D eigenvalue weighted by molar-refractivity contribution is 5.34. The maximum absolute atomic E-state index is 11.3. The molecule has 0 heterocycles. The van der Waals surface area contributed by atoms with E-state index < -0.39 is 11.7 Å². The van der Waals surface area contributed by atoms with Gasteiger partial charge >= 0.3 is 0 Å². The summed E-state index contributed by atoms with van der Waals surface area (Å²) in [5.74, 6) is 0.188. The van der Waals surface area contributed by atoms with Gasteiger partial charge in [0.15, 0.2) is 0 Å². The third-order valence-electron chi connectivity index (χ3n) is 6.17. The van der Waals surface area contributed by atoms with Crippen LogP contribution in [0.4, 0.5) is 0 Å². The maximum atomic E-state index is 11.3. The maximum Gasteiger partial charge on any atom is 0.121 e. The fourth-order valence-electron chi connectivity index (χ4n) is 4.57. The van der Waals surface area contributed by atoms with Crippen LogP contribution < -0.4 is 0 Å². The summed E-state index contributed by atoms with van der Waals surface area (Å²) >= 11 is 0. The molecular formula is C16H22O2. The second-order valence-corrected chi connectivity index (χ2v) is 6.78. The molecule has 2 aliphatic rings. The minimum atomic E-state index is -1.11. The smallest absolute Gasteiger partial charge is 0.121 e. The van der Waals surface area contributed by atoms with Crippen LogP contribution in [-0.4, -0.2) is 16.3 Å². The largest absolute Gasteiger partial charge is 0.389 e. The Morgan fingerprint density at radius 2 is 1.72 bits per heavy atom. The SMILES string of the molecule is CC1(C)[C@H]2CC[C@]1(C)[C@@](O)(c1ccccc1)[C@@H]2O. The van der Waals surface area contributed by atoms with Gasteiger partial charge in [-0.1, -0.05) is 51.1 Å². The van der Waals surface area contributed by atoms with Crippen molar-refractivity contribution in [2.24, 2.45) is 16.7 Å². The van der Waals surface area contributed by atoms with Crippen LogP contribution in [0.3, 0.4) is 0 Å². The van der Waals surface area contributed by atoms with Crippen LogP contribution >= 0.6 is 0 Å². The van der Waals surface area contributed by atoms with E-state index in [1.807, 2.05) is 30.3 Å². The molecule has 1 aromatic rings. The summed E-state index contributed by atoms with van der Waals surface area (Å²) in [7, 11) is 0. The second kappa shape index (κ2) is 3.37. The first-order chi connectivity index (χ1) is 8.36. The molecule has 0 amide bonds. The van der Waals surface area contributed by atoms with Crippen molar-refractivity contribution in [3.8, 4) is 0 Å². The number of hydrogen-bond donors (Lipinski definition) is 2. The van der Waals surface area contributed by atoms with Gasteiger partial charge in [-0.2, -0.15) is 0 Å². The fraction of sp³-hybridized carbons (Fsp3) is 0.625. The van der Waals surface area contributed by atoms with Crippen molar-refractivity contribution in [2.75, 3.05) is 0 Å². The van der Waals surface area contributed by atoms with Crippen molar-refractivity contribution >= 4 is 0 Å². The van der Waals surface area contributed by atoms with Crippen molar-refractivity contribution in [3.63, 3.8) is 0 Å². The summed E-state index contributed by atoms with van der Waals surface area (Å²) < 4.78 is 0. The van der Waals surface area contributed by atoms with E-state index in [4.69, 9.17) is 0 Å². The van der Waals surface area contributed by atoms with Crippen LogP contribution in [0.2, 0.25) is 0 Å². The molecule has 1 aromatic carbocycles. The predicted molar refractivity (Wildman–Crippen MR) is 71.0 cm³/mol. The quantitative estimate of drug-likeness (QED) is 0.800. The Morgan fingerprint density at radius 3 is 2.22 bits per heavy atom. The minimum absolute atomic E-state index is 0.0307. The molecule has 0 saturated heterocycles. The van der Waals surface area contributed by atoms with E-state index in [2.05, 4.69) is 20.8 Å². The van der Waals surface area contributed by atoms with Crippen LogP contribution in [0.1, 0.15) is 39.2 Å². The molecule has 2 N–H and O–H groups in total. The first-order valence-corrected chi connectivity index (χ1v) is 6.81. The lowest BCUT2D eigenvalue weighted by Gasteiger charge is -2.46. The van der Waals surface area contributed by atoms with Gasteiger partial charge in [0, 0.05) is 5.41 Å². The highest BCUT2D eigenvalue weighted by Gasteiger charge is 2.73. The predicted octanol–water partition coefficient (Wildman–Crippen LogP) is 2.69. The van der Waals surface area contributed by atoms with Gasteiger partial charge in [-0.3, -0.25) is 0 Å². The summed E-state index contributed by atoms with van der Waals surface area (Å²) in [6, 6.07) is 9.68. The number of benzene rings is 1. The topological polar surface area (TPSA) is 40.5 Å². The van der Waals surface area contributed by atoms with Crippen molar-refractivity contribution in [1.29, 1.82) is 0 Å². The first kappa shape index (κ1) is 12.2. The summed E-state index contributed by atoms with van der Waals surface area (Å²) in [5, 5.41) is 21.9. The van der Waals surface area contributed by atoms with Crippen LogP contribution in [0, 0.1) is 16.7 Å². The molecular weight excluding hydrogens is 224 g/mol. The zero-order chi connectivity index (χ0) is 13.2. The van der Waals surface area contributed by atoms with Crippen molar-refractivity contribution in [1.82, 2.24) is 0 Å². The molecule has 2 heteroatoms. The zero-order valence-corrected chi connectivity index (χ0v) is 11.4. The molecule has 3 rings (SSSR count). The molecule has 2 aliphatic carbocycles. The Bertz CT molecular complexity index is 467. The Morgan fingerprint density at radius 1 is 1.11 bits per heavy atom. The van der Waals surface area contributed by atoms with Crippen molar-refractivity contribution in [3.05, 3.63) is 35.9 Å². The highest BCUT2D eigenvalue weighted by Crippen LogP contribution is 2.72. The average Bonchev–Trinajstić information content (AvgIpc) is 2.65.